The molecule has 0 heterocycles. The Morgan fingerprint density at radius 2 is 1.73 bits per heavy atom. The topological polar surface area (TPSA) is 52.6 Å². The van der Waals surface area contributed by atoms with Crippen LogP contribution in [0.1, 0.15) is 20.7 Å². The monoisotopic (exact) mass is 382 g/mol. The number of esters is 1. The predicted molar refractivity (Wildman–Crippen MR) is 86.8 cm³/mol. The van der Waals surface area contributed by atoms with Gasteiger partial charge in [-0.05, 0) is 42.5 Å². The van der Waals surface area contributed by atoms with Gasteiger partial charge in [0.15, 0.2) is 12.4 Å². The van der Waals surface area contributed by atoms with Crippen LogP contribution in [0.2, 0.25) is 5.02 Å². The van der Waals surface area contributed by atoms with Gasteiger partial charge >= 0.3 is 5.97 Å². The third kappa shape index (κ3) is 4.08. The molecule has 2 aromatic carbocycles. The maximum absolute atomic E-state index is 12.0. The van der Waals surface area contributed by atoms with E-state index in [1.165, 1.54) is 13.2 Å². The molecule has 0 N–H and O–H groups in total. The van der Waals surface area contributed by atoms with E-state index < -0.39 is 5.97 Å². The number of carbonyl (C=O) groups is 2. The molecule has 0 amide bonds. The Hall–Kier alpha value is -1.85. The summed E-state index contributed by atoms with van der Waals surface area (Å²) in [7, 11) is 1.49. The zero-order valence-electron chi connectivity index (χ0n) is 11.6. The van der Waals surface area contributed by atoms with Gasteiger partial charge in [0, 0.05) is 10.0 Å². The molecule has 0 bridgehead atoms. The van der Waals surface area contributed by atoms with E-state index in [4.69, 9.17) is 21.1 Å². The summed E-state index contributed by atoms with van der Waals surface area (Å²) < 4.78 is 10.9. The normalized spacial score (nSPS) is 10.1. The molecule has 2 aromatic rings. The minimum atomic E-state index is -0.555. The summed E-state index contributed by atoms with van der Waals surface area (Å²) in [5, 5.41) is 0.326. The van der Waals surface area contributed by atoms with Gasteiger partial charge in [0.05, 0.1) is 17.7 Å². The lowest BCUT2D eigenvalue weighted by Crippen LogP contribution is -2.14. The SMILES string of the molecule is COc1ccc(C(=O)COC(=O)c2ccc(Br)cc2)cc1Cl. The van der Waals surface area contributed by atoms with Crippen molar-refractivity contribution in [3.8, 4) is 5.75 Å². The molecule has 0 spiro atoms. The Balaban J connectivity index is 1.99. The lowest BCUT2D eigenvalue weighted by molar-refractivity contribution is 0.0474. The van der Waals surface area contributed by atoms with Crippen molar-refractivity contribution >= 4 is 39.3 Å². The number of halogens is 2. The summed E-state index contributed by atoms with van der Waals surface area (Å²) >= 11 is 9.23. The average molecular weight is 384 g/mol. The van der Waals surface area contributed by atoms with Crippen LogP contribution in [-0.4, -0.2) is 25.5 Å². The lowest BCUT2D eigenvalue weighted by Gasteiger charge is -2.07. The van der Waals surface area contributed by atoms with E-state index in [0.29, 0.717) is 21.9 Å². The summed E-state index contributed by atoms with van der Waals surface area (Å²) in [5.41, 5.74) is 0.734. The number of methoxy groups -OCH3 is 1. The highest BCUT2D eigenvalue weighted by molar-refractivity contribution is 9.10. The number of hydrogen-bond donors (Lipinski definition) is 0. The van der Waals surface area contributed by atoms with Gasteiger partial charge in [-0.2, -0.15) is 0 Å². The second-order valence-corrected chi connectivity index (χ2v) is 5.68. The van der Waals surface area contributed by atoms with Crippen molar-refractivity contribution in [3.63, 3.8) is 0 Å². The van der Waals surface area contributed by atoms with Crippen LogP contribution in [0.3, 0.4) is 0 Å². The summed E-state index contributed by atoms with van der Waals surface area (Å²) in [6.45, 7) is -0.350. The fourth-order valence-electron chi connectivity index (χ4n) is 1.72. The van der Waals surface area contributed by atoms with Crippen molar-refractivity contribution in [2.24, 2.45) is 0 Å². The molecule has 0 unspecified atom stereocenters. The second kappa shape index (κ2) is 7.42. The quantitative estimate of drug-likeness (QED) is 0.575. The Kier molecular flexibility index (Phi) is 5.57. The van der Waals surface area contributed by atoms with Crippen LogP contribution < -0.4 is 4.74 Å². The number of ketones is 1. The first kappa shape index (κ1) is 16.5. The van der Waals surface area contributed by atoms with Crippen molar-refractivity contribution < 1.29 is 19.1 Å². The first-order valence-electron chi connectivity index (χ1n) is 6.30. The van der Waals surface area contributed by atoms with Gasteiger partial charge in [-0.1, -0.05) is 27.5 Å². The van der Waals surface area contributed by atoms with E-state index in [2.05, 4.69) is 15.9 Å². The smallest absolute Gasteiger partial charge is 0.338 e. The van der Waals surface area contributed by atoms with Crippen LogP contribution in [0.15, 0.2) is 46.9 Å². The minimum absolute atomic E-state index is 0.326. The van der Waals surface area contributed by atoms with Crippen LogP contribution in [0.4, 0.5) is 0 Å². The molecular formula is C16H12BrClO4. The van der Waals surface area contributed by atoms with Gasteiger partial charge in [0.2, 0.25) is 0 Å². The van der Waals surface area contributed by atoms with E-state index in [1.54, 1.807) is 36.4 Å². The zero-order chi connectivity index (χ0) is 16.1. The van der Waals surface area contributed by atoms with Gasteiger partial charge in [0.1, 0.15) is 5.75 Å². The van der Waals surface area contributed by atoms with Gasteiger partial charge in [-0.25, -0.2) is 4.79 Å². The van der Waals surface area contributed by atoms with Gasteiger partial charge in [0.25, 0.3) is 0 Å². The number of hydrogen-bond acceptors (Lipinski definition) is 4. The van der Waals surface area contributed by atoms with Gasteiger partial charge in [-0.3, -0.25) is 4.79 Å². The Morgan fingerprint density at radius 3 is 2.32 bits per heavy atom. The Bertz CT molecular complexity index is 698. The summed E-state index contributed by atoms with van der Waals surface area (Å²) in [4.78, 5) is 23.8. The maximum Gasteiger partial charge on any atom is 0.338 e. The molecule has 0 aliphatic rings. The second-order valence-electron chi connectivity index (χ2n) is 4.36. The number of carbonyl (C=O) groups excluding carboxylic acids is 2. The standard InChI is InChI=1S/C16H12BrClO4/c1-21-15-7-4-11(8-13(15)18)14(19)9-22-16(20)10-2-5-12(17)6-3-10/h2-8H,9H2,1H3. The predicted octanol–water partition coefficient (Wildman–Crippen LogP) is 4.15. The van der Waals surface area contributed by atoms with E-state index >= 15 is 0 Å². The molecule has 22 heavy (non-hydrogen) atoms. The largest absolute Gasteiger partial charge is 0.495 e. The molecule has 0 aliphatic heterocycles. The highest BCUT2D eigenvalue weighted by Crippen LogP contribution is 2.25. The summed E-state index contributed by atoms with van der Waals surface area (Å²) in [6.07, 6.45) is 0. The Labute approximate surface area is 141 Å². The average Bonchev–Trinajstić information content (AvgIpc) is 2.52. The van der Waals surface area contributed by atoms with Gasteiger partial charge in [-0.15, -0.1) is 0 Å². The Morgan fingerprint density at radius 1 is 1.09 bits per heavy atom. The molecule has 4 nitrogen and oxygen atoms in total. The van der Waals surface area contributed by atoms with E-state index in [-0.39, 0.29) is 12.4 Å². The van der Waals surface area contributed by atoms with Crippen molar-refractivity contribution in [2.45, 2.75) is 0 Å². The molecule has 0 radical (unpaired) electrons. The zero-order valence-corrected chi connectivity index (χ0v) is 14.0. The fraction of sp³-hybridized carbons (Fsp3) is 0.125. The maximum atomic E-state index is 12.0. The van der Waals surface area contributed by atoms with Gasteiger partial charge < -0.3 is 9.47 Å². The van der Waals surface area contributed by atoms with Crippen LogP contribution in [-0.2, 0) is 4.74 Å². The molecule has 0 fully saturated rings. The molecule has 0 atom stereocenters. The third-order valence-corrected chi connectivity index (χ3v) is 3.71. The third-order valence-electron chi connectivity index (χ3n) is 2.89. The first-order valence-corrected chi connectivity index (χ1v) is 7.48. The van der Waals surface area contributed by atoms with Crippen LogP contribution >= 0.6 is 27.5 Å². The highest BCUT2D eigenvalue weighted by atomic mass is 79.9. The number of Topliss-reactive ketones (excluding diaryl/α,β-unsaturated/α-hetero) is 1. The molecule has 0 aromatic heterocycles. The molecule has 114 valence electrons. The van der Waals surface area contributed by atoms with Crippen molar-refractivity contribution in [1.29, 1.82) is 0 Å². The van der Waals surface area contributed by atoms with Crippen molar-refractivity contribution in [2.75, 3.05) is 13.7 Å². The lowest BCUT2D eigenvalue weighted by atomic mass is 10.1. The number of ether oxygens (including phenoxy) is 2. The van der Waals surface area contributed by atoms with Crippen LogP contribution in [0, 0.1) is 0 Å². The molecular weight excluding hydrogens is 372 g/mol. The first-order chi connectivity index (χ1) is 10.5. The van der Waals surface area contributed by atoms with E-state index in [1.807, 2.05) is 0 Å². The van der Waals surface area contributed by atoms with Crippen molar-refractivity contribution in [3.05, 3.63) is 63.1 Å². The summed E-state index contributed by atoms with van der Waals surface area (Å²) in [5.74, 6) is -0.416. The molecule has 0 saturated carbocycles. The number of rotatable bonds is 5. The molecule has 6 heteroatoms. The number of benzene rings is 2. The van der Waals surface area contributed by atoms with Crippen LogP contribution in [0.25, 0.3) is 0 Å². The molecule has 0 saturated heterocycles. The van der Waals surface area contributed by atoms with E-state index in [0.717, 1.165) is 4.47 Å². The fourth-order valence-corrected chi connectivity index (χ4v) is 2.25. The highest BCUT2D eigenvalue weighted by Gasteiger charge is 2.13. The summed E-state index contributed by atoms with van der Waals surface area (Å²) in [6, 6.07) is 11.3. The van der Waals surface area contributed by atoms with Crippen LogP contribution in [0.5, 0.6) is 5.75 Å². The minimum Gasteiger partial charge on any atom is -0.495 e. The molecule has 2 rings (SSSR count). The van der Waals surface area contributed by atoms with E-state index in [9.17, 15) is 9.59 Å². The van der Waals surface area contributed by atoms with Crippen molar-refractivity contribution in [1.82, 2.24) is 0 Å². The molecule has 0 aliphatic carbocycles.